The van der Waals surface area contributed by atoms with Crippen molar-refractivity contribution in [1.29, 1.82) is 0 Å². The minimum Gasteiger partial charge on any atom is -0.508 e. The van der Waals surface area contributed by atoms with Gasteiger partial charge in [0.25, 0.3) is 0 Å². The van der Waals surface area contributed by atoms with Crippen LogP contribution in [0.15, 0.2) is 18.2 Å². The lowest BCUT2D eigenvalue weighted by molar-refractivity contribution is 0.293. The predicted molar refractivity (Wildman–Crippen MR) is 70.9 cm³/mol. The number of phenolic OH excluding ortho intramolecular Hbond substituents is 1. The summed E-state index contributed by atoms with van der Waals surface area (Å²) in [6.45, 7) is 4.12. The van der Waals surface area contributed by atoms with Crippen LogP contribution in [-0.2, 0) is 0 Å². The molecule has 1 aliphatic heterocycles. The lowest BCUT2D eigenvalue weighted by atomic mass is 9.97. The van der Waals surface area contributed by atoms with E-state index in [9.17, 15) is 5.11 Å². The van der Waals surface area contributed by atoms with Crippen molar-refractivity contribution in [3.8, 4) is 11.5 Å². The van der Waals surface area contributed by atoms with E-state index in [1.165, 1.54) is 24.8 Å². The summed E-state index contributed by atoms with van der Waals surface area (Å²) in [6.07, 6.45) is 4.10. The van der Waals surface area contributed by atoms with Gasteiger partial charge in [0.1, 0.15) is 18.1 Å². The number of hydrogen-bond donors (Lipinski definition) is 2. The Kier molecular flexibility index (Phi) is 3.16. The van der Waals surface area contributed by atoms with Crippen molar-refractivity contribution in [3.05, 3.63) is 23.8 Å². The molecule has 0 spiro atoms. The average Bonchev–Trinajstić information content (AvgIpc) is 2.93. The number of phenols is 1. The maximum absolute atomic E-state index is 9.42. The third kappa shape index (κ3) is 2.19. The van der Waals surface area contributed by atoms with Gasteiger partial charge in [0.15, 0.2) is 0 Å². The molecule has 2 N–H and O–H groups in total. The van der Waals surface area contributed by atoms with Crippen LogP contribution in [0.5, 0.6) is 11.5 Å². The van der Waals surface area contributed by atoms with Crippen molar-refractivity contribution in [2.24, 2.45) is 11.8 Å². The molecule has 1 aromatic carbocycles. The highest BCUT2D eigenvalue weighted by Crippen LogP contribution is 2.36. The first kappa shape index (κ1) is 11.8. The molecule has 1 fully saturated rings. The predicted octanol–water partition coefficient (Wildman–Crippen LogP) is 2.85. The van der Waals surface area contributed by atoms with E-state index in [2.05, 4.69) is 12.2 Å². The molecule has 18 heavy (non-hydrogen) atoms. The zero-order valence-corrected chi connectivity index (χ0v) is 10.9. The van der Waals surface area contributed by atoms with Gasteiger partial charge in [-0.25, -0.2) is 0 Å². The molecule has 0 bridgehead atoms. The third-order valence-electron chi connectivity index (χ3n) is 4.44. The zero-order valence-electron chi connectivity index (χ0n) is 10.9. The molecule has 0 radical (unpaired) electrons. The number of nitrogens with one attached hydrogen (secondary N) is 1. The summed E-state index contributed by atoms with van der Waals surface area (Å²) in [5, 5.41) is 13.0. The van der Waals surface area contributed by atoms with Gasteiger partial charge >= 0.3 is 0 Å². The van der Waals surface area contributed by atoms with Crippen LogP contribution in [0.4, 0.5) is 0 Å². The fourth-order valence-electron chi connectivity index (χ4n) is 3.19. The van der Waals surface area contributed by atoms with Crippen molar-refractivity contribution in [2.75, 3.05) is 13.2 Å². The van der Waals surface area contributed by atoms with Gasteiger partial charge in [0.05, 0.1) is 6.04 Å². The second-order valence-corrected chi connectivity index (χ2v) is 5.66. The molecule has 1 aliphatic carbocycles. The first-order chi connectivity index (χ1) is 8.74. The summed E-state index contributed by atoms with van der Waals surface area (Å²) in [6, 6.07) is 5.69. The minimum absolute atomic E-state index is 0.277. The van der Waals surface area contributed by atoms with Crippen LogP contribution in [-0.4, -0.2) is 18.3 Å². The third-order valence-corrected chi connectivity index (χ3v) is 4.44. The lowest BCUT2D eigenvalue weighted by Gasteiger charge is -2.19. The fourth-order valence-corrected chi connectivity index (χ4v) is 3.19. The van der Waals surface area contributed by atoms with E-state index in [-0.39, 0.29) is 11.8 Å². The van der Waals surface area contributed by atoms with Crippen molar-refractivity contribution in [1.82, 2.24) is 5.32 Å². The Morgan fingerprint density at radius 3 is 3.06 bits per heavy atom. The Balaban J connectivity index is 1.62. The highest BCUT2D eigenvalue weighted by atomic mass is 16.5. The van der Waals surface area contributed by atoms with Crippen molar-refractivity contribution in [3.63, 3.8) is 0 Å². The number of benzene rings is 1. The molecule has 3 rings (SSSR count). The van der Waals surface area contributed by atoms with E-state index >= 15 is 0 Å². The molecule has 0 saturated heterocycles. The lowest BCUT2D eigenvalue weighted by Crippen LogP contribution is -2.29. The van der Waals surface area contributed by atoms with Gasteiger partial charge in [-0.2, -0.15) is 0 Å². The monoisotopic (exact) mass is 247 g/mol. The van der Waals surface area contributed by atoms with E-state index in [0.717, 1.165) is 24.1 Å². The Morgan fingerprint density at radius 2 is 2.28 bits per heavy atom. The van der Waals surface area contributed by atoms with Crippen LogP contribution in [0, 0.1) is 11.8 Å². The maximum Gasteiger partial charge on any atom is 0.127 e. The quantitative estimate of drug-likeness (QED) is 0.863. The van der Waals surface area contributed by atoms with Crippen molar-refractivity contribution < 1.29 is 9.84 Å². The van der Waals surface area contributed by atoms with Crippen LogP contribution < -0.4 is 10.1 Å². The largest absolute Gasteiger partial charge is 0.508 e. The zero-order chi connectivity index (χ0) is 12.5. The molecule has 0 amide bonds. The molecular formula is C15H21NO2. The van der Waals surface area contributed by atoms with Gasteiger partial charge in [-0.3, -0.25) is 0 Å². The van der Waals surface area contributed by atoms with Gasteiger partial charge in [0.2, 0.25) is 0 Å². The van der Waals surface area contributed by atoms with E-state index in [1.807, 2.05) is 6.07 Å². The van der Waals surface area contributed by atoms with Crippen molar-refractivity contribution in [2.45, 2.75) is 32.2 Å². The first-order valence-corrected chi connectivity index (χ1v) is 6.93. The summed E-state index contributed by atoms with van der Waals surface area (Å²) >= 11 is 0. The van der Waals surface area contributed by atoms with E-state index < -0.39 is 0 Å². The second-order valence-electron chi connectivity index (χ2n) is 5.66. The van der Waals surface area contributed by atoms with E-state index in [4.69, 9.17) is 4.74 Å². The number of hydrogen-bond acceptors (Lipinski definition) is 3. The van der Waals surface area contributed by atoms with Crippen LogP contribution in [0.1, 0.15) is 37.8 Å². The Morgan fingerprint density at radius 1 is 1.39 bits per heavy atom. The van der Waals surface area contributed by atoms with Gasteiger partial charge in [-0.15, -0.1) is 0 Å². The fraction of sp³-hybridized carbons (Fsp3) is 0.600. The first-order valence-electron chi connectivity index (χ1n) is 6.93. The molecule has 2 aliphatic rings. The van der Waals surface area contributed by atoms with Crippen molar-refractivity contribution >= 4 is 0 Å². The van der Waals surface area contributed by atoms with Gasteiger partial charge in [-0.05, 0) is 36.9 Å². The number of fused-ring (bicyclic) bond motifs is 1. The molecule has 98 valence electrons. The van der Waals surface area contributed by atoms with Gasteiger partial charge < -0.3 is 15.2 Å². The average molecular weight is 247 g/mol. The van der Waals surface area contributed by atoms with Crippen LogP contribution in [0.3, 0.4) is 0 Å². The molecule has 3 heteroatoms. The van der Waals surface area contributed by atoms with Gasteiger partial charge in [0, 0.05) is 11.6 Å². The Hall–Kier alpha value is -1.22. The second kappa shape index (κ2) is 4.81. The van der Waals surface area contributed by atoms with Crippen LogP contribution in [0.25, 0.3) is 0 Å². The topological polar surface area (TPSA) is 41.5 Å². The molecule has 3 nitrogen and oxygen atoms in total. The van der Waals surface area contributed by atoms with Crippen LogP contribution >= 0.6 is 0 Å². The standard InChI is InChI=1S/C15H21NO2/c1-10-3-2-4-11(10)8-16-14-9-18-15-7-12(17)5-6-13(14)15/h5-7,10-11,14,16-17H,2-4,8-9H2,1H3. The number of rotatable bonds is 3. The van der Waals surface area contributed by atoms with E-state index in [0.29, 0.717) is 6.61 Å². The molecule has 3 unspecified atom stereocenters. The summed E-state index contributed by atoms with van der Waals surface area (Å²) in [4.78, 5) is 0. The summed E-state index contributed by atoms with van der Waals surface area (Å²) in [5.74, 6) is 2.76. The Bertz CT molecular complexity index is 433. The normalized spacial score (nSPS) is 30.2. The molecular weight excluding hydrogens is 226 g/mol. The SMILES string of the molecule is CC1CCCC1CNC1COc2cc(O)ccc21. The van der Waals surface area contributed by atoms with E-state index in [1.54, 1.807) is 12.1 Å². The maximum atomic E-state index is 9.42. The Labute approximate surface area is 108 Å². The summed E-state index contributed by atoms with van der Waals surface area (Å²) < 4.78 is 5.61. The highest BCUT2D eigenvalue weighted by Gasteiger charge is 2.27. The summed E-state index contributed by atoms with van der Waals surface area (Å²) in [5.41, 5.74) is 1.18. The minimum atomic E-state index is 0.277. The molecule has 1 aromatic rings. The number of aromatic hydroxyl groups is 1. The molecule has 1 saturated carbocycles. The number of ether oxygens (including phenoxy) is 1. The molecule has 0 aromatic heterocycles. The molecule has 3 atom stereocenters. The molecule has 1 heterocycles. The van der Waals surface area contributed by atoms with Crippen LogP contribution in [0.2, 0.25) is 0 Å². The smallest absolute Gasteiger partial charge is 0.127 e. The highest BCUT2D eigenvalue weighted by molar-refractivity contribution is 5.44. The summed E-state index contributed by atoms with van der Waals surface area (Å²) in [7, 11) is 0. The van der Waals surface area contributed by atoms with Gasteiger partial charge in [-0.1, -0.05) is 19.8 Å².